The van der Waals surface area contributed by atoms with E-state index in [1.807, 2.05) is 31.2 Å². The number of rotatable bonds is 5. The van der Waals surface area contributed by atoms with Crippen molar-refractivity contribution in [3.05, 3.63) is 88.5 Å². The Balaban J connectivity index is 2.04. The molecule has 27 heavy (non-hydrogen) atoms. The van der Waals surface area contributed by atoms with E-state index in [2.05, 4.69) is 25.1 Å². The lowest BCUT2D eigenvalue weighted by Gasteiger charge is -2.12. The fourth-order valence-corrected chi connectivity index (χ4v) is 3.15. The number of halogens is 1. The minimum Gasteiger partial charge on any atom is -0.496 e. The van der Waals surface area contributed by atoms with Crippen LogP contribution >= 0.6 is 0 Å². The van der Waals surface area contributed by atoms with Crippen LogP contribution in [0.1, 0.15) is 32.6 Å². The number of hydrogen-bond donors (Lipinski definition) is 0. The first-order chi connectivity index (χ1) is 13.0. The van der Waals surface area contributed by atoms with E-state index in [0.717, 1.165) is 22.3 Å². The molecule has 3 aromatic carbocycles. The van der Waals surface area contributed by atoms with Gasteiger partial charge in [0.25, 0.3) is 0 Å². The van der Waals surface area contributed by atoms with Crippen molar-refractivity contribution in [2.45, 2.75) is 13.8 Å². The smallest absolute Gasteiger partial charge is 0.153 e. The normalized spacial score (nSPS) is 11.3. The van der Waals surface area contributed by atoms with Gasteiger partial charge in [0.05, 0.1) is 12.7 Å². The van der Waals surface area contributed by atoms with Crippen molar-refractivity contribution in [3.8, 4) is 16.9 Å². The van der Waals surface area contributed by atoms with Gasteiger partial charge in [0.15, 0.2) is 6.29 Å². The fourth-order valence-electron chi connectivity index (χ4n) is 3.15. The highest BCUT2D eigenvalue weighted by molar-refractivity contribution is 5.85. The van der Waals surface area contributed by atoms with Gasteiger partial charge in [0.2, 0.25) is 0 Å². The maximum atomic E-state index is 14.9. The lowest BCUT2D eigenvalue weighted by Crippen LogP contribution is -1.92. The van der Waals surface area contributed by atoms with Crippen LogP contribution in [0.4, 0.5) is 4.39 Å². The molecule has 0 aliphatic rings. The third-order valence-electron chi connectivity index (χ3n) is 4.73. The van der Waals surface area contributed by atoms with Crippen molar-refractivity contribution in [2.75, 3.05) is 7.11 Å². The number of carbonyl (C=O) groups is 1. The number of aryl methyl sites for hydroxylation is 1. The van der Waals surface area contributed by atoms with E-state index in [9.17, 15) is 9.18 Å². The van der Waals surface area contributed by atoms with Crippen LogP contribution in [0.25, 0.3) is 23.0 Å². The third kappa shape index (κ3) is 3.82. The van der Waals surface area contributed by atoms with E-state index in [4.69, 9.17) is 4.74 Å². The van der Waals surface area contributed by atoms with Crippen molar-refractivity contribution in [1.29, 1.82) is 0 Å². The fraction of sp³-hybridized carbons (Fsp3) is 0.125. The van der Waals surface area contributed by atoms with Gasteiger partial charge in [-0.3, -0.25) is 4.79 Å². The van der Waals surface area contributed by atoms with Crippen molar-refractivity contribution in [2.24, 2.45) is 0 Å². The van der Waals surface area contributed by atoms with E-state index >= 15 is 0 Å². The van der Waals surface area contributed by atoms with Gasteiger partial charge >= 0.3 is 0 Å². The summed E-state index contributed by atoms with van der Waals surface area (Å²) in [5.74, 6) is -0.0211. The summed E-state index contributed by atoms with van der Waals surface area (Å²) in [6.45, 7) is 4.07. The number of ether oxygens (including phenoxy) is 1. The second-order valence-electron chi connectivity index (χ2n) is 6.40. The molecular weight excluding hydrogens is 339 g/mol. The Kier molecular flexibility index (Phi) is 5.51. The number of carbonyl (C=O) groups excluding carboxylic acids is 1. The molecular formula is C24H21FO2. The SMILES string of the molecule is COc1cc(C(F)=Cc2cccc(-c3ccccc3C)c2C)ccc1C=O. The highest BCUT2D eigenvalue weighted by atomic mass is 19.1. The monoisotopic (exact) mass is 360 g/mol. The van der Waals surface area contributed by atoms with Gasteiger partial charge in [0, 0.05) is 5.56 Å². The zero-order valence-electron chi connectivity index (χ0n) is 15.6. The molecule has 3 heteroatoms. The van der Waals surface area contributed by atoms with Crippen LogP contribution in [-0.2, 0) is 0 Å². The zero-order valence-corrected chi connectivity index (χ0v) is 15.6. The summed E-state index contributed by atoms with van der Waals surface area (Å²) in [7, 11) is 1.46. The summed E-state index contributed by atoms with van der Waals surface area (Å²) in [5.41, 5.74) is 6.00. The number of methoxy groups -OCH3 is 1. The van der Waals surface area contributed by atoms with Gasteiger partial charge in [0.1, 0.15) is 11.6 Å². The molecule has 0 fully saturated rings. The molecule has 0 N–H and O–H groups in total. The molecule has 136 valence electrons. The van der Waals surface area contributed by atoms with Crippen LogP contribution < -0.4 is 4.74 Å². The topological polar surface area (TPSA) is 26.3 Å². The van der Waals surface area contributed by atoms with Crippen LogP contribution in [-0.4, -0.2) is 13.4 Å². The van der Waals surface area contributed by atoms with Crippen LogP contribution in [0.2, 0.25) is 0 Å². The average Bonchev–Trinajstić information content (AvgIpc) is 2.69. The molecule has 0 atom stereocenters. The molecule has 0 heterocycles. The Labute approximate surface area is 158 Å². The van der Waals surface area contributed by atoms with Gasteiger partial charge in [-0.25, -0.2) is 4.39 Å². The van der Waals surface area contributed by atoms with E-state index in [1.54, 1.807) is 12.1 Å². The van der Waals surface area contributed by atoms with E-state index in [-0.39, 0.29) is 5.83 Å². The minimum atomic E-state index is -0.379. The highest BCUT2D eigenvalue weighted by Crippen LogP contribution is 2.31. The van der Waals surface area contributed by atoms with Gasteiger partial charge in [-0.15, -0.1) is 0 Å². The summed E-state index contributed by atoms with van der Waals surface area (Å²) in [5, 5.41) is 0. The summed E-state index contributed by atoms with van der Waals surface area (Å²) >= 11 is 0. The Hall–Kier alpha value is -3.20. The zero-order chi connectivity index (χ0) is 19.4. The van der Waals surface area contributed by atoms with Gasteiger partial charge in [-0.05, 0) is 59.9 Å². The quantitative estimate of drug-likeness (QED) is 0.396. The van der Waals surface area contributed by atoms with Crippen molar-refractivity contribution < 1.29 is 13.9 Å². The lowest BCUT2D eigenvalue weighted by molar-refractivity contribution is 0.112. The summed E-state index contributed by atoms with van der Waals surface area (Å²) < 4.78 is 20.0. The maximum absolute atomic E-state index is 14.9. The molecule has 0 spiro atoms. The molecule has 0 aromatic heterocycles. The molecule has 0 bridgehead atoms. The Morgan fingerprint density at radius 2 is 1.67 bits per heavy atom. The van der Waals surface area contributed by atoms with Crippen molar-refractivity contribution in [1.82, 2.24) is 0 Å². The Bertz CT molecular complexity index is 1020. The molecule has 0 amide bonds. The lowest BCUT2D eigenvalue weighted by atomic mass is 9.93. The summed E-state index contributed by atoms with van der Waals surface area (Å²) in [6.07, 6.45) is 2.21. The molecule has 0 saturated heterocycles. The standard InChI is InChI=1S/C24H21FO2/c1-16-7-4-5-9-21(16)22-10-6-8-18(17(22)2)13-23(25)19-11-12-20(15-26)24(14-19)27-3/h4-15H,1-3H3. The molecule has 3 rings (SSSR count). The number of hydrogen-bond acceptors (Lipinski definition) is 2. The number of benzene rings is 3. The predicted octanol–water partition coefficient (Wildman–Crippen LogP) is 6.26. The molecule has 3 aromatic rings. The second kappa shape index (κ2) is 8.00. The second-order valence-corrected chi connectivity index (χ2v) is 6.40. The minimum absolute atomic E-state index is 0.358. The first kappa shape index (κ1) is 18.6. The summed E-state index contributed by atoms with van der Waals surface area (Å²) in [6, 6.07) is 18.7. The van der Waals surface area contributed by atoms with Crippen LogP contribution in [0.5, 0.6) is 5.75 Å². The average molecular weight is 360 g/mol. The molecule has 0 unspecified atom stereocenters. The van der Waals surface area contributed by atoms with Crippen LogP contribution in [0.3, 0.4) is 0 Å². The molecule has 0 aliphatic heterocycles. The summed E-state index contributed by atoms with van der Waals surface area (Å²) in [4.78, 5) is 11.0. The molecule has 0 saturated carbocycles. The van der Waals surface area contributed by atoms with Crippen LogP contribution in [0, 0.1) is 13.8 Å². The highest BCUT2D eigenvalue weighted by Gasteiger charge is 2.10. The first-order valence-electron chi connectivity index (χ1n) is 8.71. The van der Waals surface area contributed by atoms with E-state index in [0.29, 0.717) is 23.2 Å². The largest absolute Gasteiger partial charge is 0.496 e. The van der Waals surface area contributed by atoms with Gasteiger partial charge in [-0.2, -0.15) is 0 Å². The van der Waals surface area contributed by atoms with Crippen molar-refractivity contribution in [3.63, 3.8) is 0 Å². The van der Waals surface area contributed by atoms with E-state index < -0.39 is 0 Å². The van der Waals surface area contributed by atoms with Gasteiger partial charge in [-0.1, -0.05) is 48.5 Å². The first-order valence-corrected chi connectivity index (χ1v) is 8.71. The van der Waals surface area contributed by atoms with Crippen LogP contribution in [0.15, 0.2) is 60.7 Å². The third-order valence-corrected chi connectivity index (χ3v) is 4.73. The number of aldehydes is 1. The van der Waals surface area contributed by atoms with Gasteiger partial charge < -0.3 is 4.74 Å². The molecule has 0 radical (unpaired) electrons. The maximum Gasteiger partial charge on any atom is 0.153 e. The van der Waals surface area contributed by atoms with Crippen molar-refractivity contribution >= 4 is 18.2 Å². The molecule has 0 aliphatic carbocycles. The molecule has 2 nitrogen and oxygen atoms in total. The predicted molar refractivity (Wildman–Crippen MR) is 109 cm³/mol. The Morgan fingerprint density at radius 3 is 2.37 bits per heavy atom. The van der Waals surface area contributed by atoms with E-state index in [1.165, 1.54) is 24.8 Å². The Morgan fingerprint density at radius 1 is 0.926 bits per heavy atom.